The number of aromatic nitrogens is 1. The zero-order valence-corrected chi connectivity index (χ0v) is 12.8. The maximum absolute atomic E-state index is 10.6. The third-order valence-electron chi connectivity index (χ3n) is 3.10. The monoisotopic (exact) mass is 322 g/mol. The molecule has 0 spiro atoms. The molecule has 6 nitrogen and oxygen atoms in total. The second-order valence-electron chi connectivity index (χ2n) is 4.87. The summed E-state index contributed by atoms with van der Waals surface area (Å²) in [5, 5.41) is 0. The van der Waals surface area contributed by atoms with Gasteiger partial charge in [-0.2, -0.15) is 0 Å². The molecule has 2 aromatic rings. The fourth-order valence-corrected chi connectivity index (χ4v) is 2.37. The second-order valence-corrected chi connectivity index (χ2v) is 6.40. The van der Waals surface area contributed by atoms with E-state index in [2.05, 4.69) is 0 Å². The summed E-state index contributed by atoms with van der Waals surface area (Å²) in [6.07, 6.45) is 3.90. The average molecular weight is 322 g/mol. The summed E-state index contributed by atoms with van der Waals surface area (Å²) in [4.78, 5) is 0. The van der Waals surface area contributed by atoms with E-state index in [-0.39, 0.29) is 12.2 Å². The SMILES string of the molecule is Nc1ccc(OCC[n+]2ccc(CCS(=O)(=O)[O-])cc2)cc1. The summed E-state index contributed by atoms with van der Waals surface area (Å²) < 4.78 is 39.3. The van der Waals surface area contributed by atoms with Crippen molar-refractivity contribution in [1.29, 1.82) is 0 Å². The van der Waals surface area contributed by atoms with Gasteiger partial charge in [0.05, 0.1) is 10.1 Å². The molecule has 0 saturated carbocycles. The number of hydrogen-bond acceptors (Lipinski definition) is 5. The minimum absolute atomic E-state index is 0.231. The molecule has 0 amide bonds. The Morgan fingerprint density at radius 2 is 1.73 bits per heavy atom. The van der Waals surface area contributed by atoms with Crippen molar-refractivity contribution in [3.05, 3.63) is 54.4 Å². The Balaban J connectivity index is 1.80. The maximum Gasteiger partial charge on any atom is 0.182 e. The number of ether oxygens (including phenoxy) is 1. The van der Waals surface area contributed by atoms with Gasteiger partial charge in [0, 0.05) is 23.6 Å². The number of rotatable bonds is 7. The summed E-state index contributed by atoms with van der Waals surface area (Å²) in [6, 6.07) is 10.8. The van der Waals surface area contributed by atoms with Crippen LogP contribution in [-0.4, -0.2) is 25.3 Å². The molecule has 7 heteroatoms. The van der Waals surface area contributed by atoms with Crippen LogP contribution < -0.4 is 15.0 Å². The first kappa shape index (κ1) is 16.3. The molecule has 0 atom stereocenters. The van der Waals surface area contributed by atoms with Gasteiger partial charge in [0.15, 0.2) is 18.9 Å². The lowest BCUT2D eigenvalue weighted by Gasteiger charge is -2.06. The zero-order chi connectivity index (χ0) is 16.0. The average Bonchev–Trinajstić information content (AvgIpc) is 2.48. The van der Waals surface area contributed by atoms with E-state index in [4.69, 9.17) is 10.5 Å². The predicted octanol–water partition coefficient (Wildman–Crippen LogP) is 0.723. The van der Waals surface area contributed by atoms with Gasteiger partial charge in [0.1, 0.15) is 12.4 Å². The highest BCUT2D eigenvalue weighted by atomic mass is 32.2. The van der Waals surface area contributed by atoms with Crippen molar-refractivity contribution in [2.75, 3.05) is 18.1 Å². The van der Waals surface area contributed by atoms with Crippen molar-refractivity contribution in [3.63, 3.8) is 0 Å². The predicted molar refractivity (Wildman–Crippen MR) is 81.3 cm³/mol. The molecule has 2 rings (SSSR count). The van der Waals surface area contributed by atoms with E-state index in [1.165, 1.54) is 0 Å². The van der Waals surface area contributed by atoms with Crippen molar-refractivity contribution in [2.24, 2.45) is 0 Å². The van der Waals surface area contributed by atoms with Crippen LogP contribution in [0.15, 0.2) is 48.8 Å². The van der Waals surface area contributed by atoms with E-state index in [9.17, 15) is 13.0 Å². The highest BCUT2D eigenvalue weighted by molar-refractivity contribution is 7.85. The molecule has 0 aliphatic rings. The van der Waals surface area contributed by atoms with E-state index < -0.39 is 10.1 Å². The van der Waals surface area contributed by atoms with Crippen LogP contribution in [0.5, 0.6) is 5.75 Å². The van der Waals surface area contributed by atoms with Gasteiger partial charge in [-0.1, -0.05) is 0 Å². The maximum atomic E-state index is 10.6. The minimum Gasteiger partial charge on any atom is -0.748 e. The Morgan fingerprint density at radius 3 is 2.32 bits per heavy atom. The molecule has 1 aromatic carbocycles. The third kappa shape index (κ3) is 5.71. The summed E-state index contributed by atoms with van der Waals surface area (Å²) in [7, 11) is -4.17. The van der Waals surface area contributed by atoms with Crippen molar-refractivity contribution in [2.45, 2.75) is 13.0 Å². The lowest BCUT2D eigenvalue weighted by Crippen LogP contribution is -2.35. The van der Waals surface area contributed by atoms with Crippen LogP contribution >= 0.6 is 0 Å². The lowest BCUT2D eigenvalue weighted by atomic mass is 10.2. The Morgan fingerprint density at radius 1 is 1.09 bits per heavy atom. The van der Waals surface area contributed by atoms with Gasteiger partial charge in [-0.05, 0) is 36.2 Å². The number of nitrogen functional groups attached to an aromatic ring is 1. The molecule has 2 N–H and O–H groups in total. The Kier molecular flexibility index (Phi) is 5.35. The normalized spacial score (nSPS) is 11.3. The molecule has 0 unspecified atom stereocenters. The Labute approximate surface area is 129 Å². The van der Waals surface area contributed by atoms with Crippen LogP contribution in [0.4, 0.5) is 5.69 Å². The molecule has 0 aliphatic carbocycles. The molecule has 0 aliphatic heterocycles. The van der Waals surface area contributed by atoms with Gasteiger partial charge in [0.2, 0.25) is 0 Å². The van der Waals surface area contributed by atoms with Gasteiger partial charge in [-0.25, -0.2) is 13.0 Å². The molecule has 0 bridgehead atoms. The van der Waals surface area contributed by atoms with Crippen LogP contribution in [-0.2, 0) is 23.1 Å². The first-order chi connectivity index (χ1) is 10.4. The van der Waals surface area contributed by atoms with E-state index in [0.717, 1.165) is 11.3 Å². The Bertz CT molecular complexity index is 697. The third-order valence-corrected chi connectivity index (χ3v) is 3.80. The van der Waals surface area contributed by atoms with Crippen LogP contribution in [0.25, 0.3) is 0 Å². The highest BCUT2D eigenvalue weighted by Gasteiger charge is 2.03. The first-order valence-electron chi connectivity index (χ1n) is 6.82. The number of aryl methyl sites for hydroxylation is 1. The fourth-order valence-electron chi connectivity index (χ4n) is 1.88. The summed E-state index contributed by atoms with van der Waals surface area (Å²) in [6.45, 7) is 1.16. The fraction of sp³-hybridized carbons (Fsp3) is 0.267. The number of nitrogens with zero attached hydrogens (tertiary/aromatic N) is 1. The Hall–Kier alpha value is -2.12. The molecule has 1 aromatic heterocycles. The van der Waals surface area contributed by atoms with E-state index >= 15 is 0 Å². The van der Waals surface area contributed by atoms with Gasteiger partial charge in [-0.15, -0.1) is 0 Å². The molecule has 0 fully saturated rings. The number of anilines is 1. The summed E-state index contributed by atoms with van der Waals surface area (Å²) in [5.41, 5.74) is 7.10. The molecule has 22 heavy (non-hydrogen) atoms. The van der Waals surface area contributed by atoms with Gasteiger partial charge in [0.25, 0.3) is 0 Å². The number of pyridine rings is 1. The summed E-state index contributed by atoms with van der Waals surface area (Å²) >= 11 is 0. The number of benzene rings is 1. The summed E-state index contributed by atoms with van der Waals surface area (Å²) in [5.74, 6) is 0.379. The molecule has 0 saturated heterocycles. The number of hydrogen-bond donors (Lipinski definition) is 1. The van der Waals surface area contributed by atoms with Crippen molar-refractivity contribution < 1.29 is 22.3 Å². The van der Waals surface area contributed by atoms with E-state index in [1.54, 1.807) is 24.3 Å². The van der Waals surface area contributed by atoms with E-state index in [1.807, 2.05) is 29.1 Å². The van der Waals surface area contributed by atoms with E-state index in [0.29, 0.717) is 18.8 Å². The lowest BCUT2D eigenvalue weighted by molar-refractivity contribution is -0.697. The van der Waals surface area contributed by atoms with Crippen LogP contribution in [0.2, 0.25) is 0 Å². The molecule has 118 valence electrons. The van der Waals surface area contributed by atoms with Gasteiger partial charge < -0.3 is 15.0 Å². The smallest absolute Gasteiger partial charge is 0.182 e. The van der Waals surface area contributed by atoms with Crippen molar-refractivity contribution in [3.8, 4) is 5.75 Å². The highest BCUT2D eigenvalue weighted by Crippen LogP contribution is 2.12. The minimum atomic E-state index is -4.17. The number of nitrogens with two attached hydrogens (primary N) is 1. The van der Waals surface area contributed by atoms with Gasteiger partial charge in [-0.3, -0.25) is 0 Å². The van der Waals surface area contributed by atoms with Crippen LogP contribution in [0.1, 0.15) is 5.56 Å². The first-order valence-corrected chi connectivity index (χ1v) is 8.40. The quantitative estimate of drug-likeness (QED) is 0.460. The molecule has 1 heterocycles. The van der Waals surface area contributed by atoms with Gasteiger partial charge >= 0.3 is 0 Å². The van der Waals surface area contributed by atoms with Crippen LogP contribution in [0.3, 0.4) is 0 Å². The van der Waals surface area contributed by atoms with Crippen molar-refractivity contribution >= 4 is 15.8 Å². The molecular weight excluding hydrogens is 304 g/mol. The van der Waals surface area contributed by atoms with Crippen molar-refractivity contribution in [1.82, 2.24) is 0 Å². The van der Waals surface area contributed by atoms with Crippen LogP contribution in [0, 0.1) is 0 Å². The molecular formula is C15H18N2O4S. The standard InChI is InChI=1S/C15H18N2O4S/c16-14-1-3-15(4-2-14)21-11-10-17-8-5-13(6-9-17)7-12-22(18,19)20/h1-6,8-9H,7,10-12,16H2. The zero-order valence-electron chi connectivity index (χ0n) is 12.0. The topological polar surface area (TPSA) is 96.3 Å². The largest absolute Gasteiger partial charge is 0.748 e. The molecule has 0 radical (unpaired) electrons. The second kappa shape index (κ2) is 7.24.